The highest BCUT2D eigenvalue weighted by atomic mass is 16.7. The monoisotopic (exact) mass is 644 g/mol. The number of unbranched alkanes of at least 4 members (excludes halogenated alkanes) is 9. The predicted octanol–water partition coefficient (Wildman–Crippen LogP) is 9.90. The molecule has 254 valence electrons. The Morgan fingerprint density at radius 1 is 0.660 bits per heavy atom. The van der Waals surface area contributed by atoms with Crippen molar-refractivity contribution in [1.82, 2.24) is 0 Å². The van der Waals surface area contributed by atoms with E-state index >= 15 is 0 Å². The Hall–Kier alpha value is -3.68. The molecule has 0 bridgehead atoms. The van der Waals surface area contributed by atoms with Gasteiger partial charge >= 0.3 is 11.9 Å². The molecular formula is C40H52O7. The van der Waals surface area contributed by atoms with Crippen LogP contribution in [0.25, 0.3) is 0 Å². The summed E-state index contributed by atoms with van der Waals surface area (Å²) in [5.74, 6) is 0.622. The van der Waals surface area contributed by atoms with Gasteiger partial charge in [0.2, 0.25) is 0 Å². The molecule has 47 heavy (non-hydrogen) atoms. The Morgan fingerprint density at radius 3 is 1.98 bits per heavy atom. The summed E-state index contributed by atoms with van der Waals surface area (Å²) < 4.78 is 28.4. The van der Waals surface area contributed by atoms with E-state index in [1.54, 1.807) is 48.5 Å². The van der Waals surface area contributed by atoms with Gasteiger partial charge in [-0.3, -0.25) is 0 Å². The van der Waals surface area contributed by atoms with Crippen LogP contribution in [0.15, 0.2) is 72.8 Å². The molecule has 1 unspecified atom stereocenters. The van der Waals surface area contributed by atoms with Crippen LogP contribution in [0.1, 0.15) is 123 Å². The van der Waals surface area contributed by atoms with Gasteiger partial charge in [-0.05, 0) is 112 Å². The number of esters is 2. The van der Waals surface area contributed by atoms with E-state index in [-0.39, 0.29) is 12.3 Å². The molecule has 1 saturated heterocycles. The van der Waals surface area contributed by atoms with Crippen molar-refractivity contribution in [1.29, 1.82) is 0 Å². The summed E-state index contributed by atoms with van der Waals surface area (Å²) in [6, 6.07) is 21.1. The lowest BCUT2D eigenvalue weighted by Crippen LogP contribution is -2.22. The Balaban J connectivity index is 1.12. The molecule has 1 atom stereocenters. The highest BCUT2D eigenvalue weighted by molar-refractivity contribution is 5.93. The minimum Gasteiger partial charge on any atom is -0.494 e. The summed E-state index contributed by atoms with van der Waals surface area (Å²) in [4.78, 5) is 25.7. The third-order valence-electron chi connectivity index (χ3n) is 8.37. The van der Waals surface area contributed by atoms with E-state index < -0.39 is 5.97 Å². The zero-order valence-corrected chi connectivity index (χ0v) is 28.1. The molecule has 3 aromatic carbocycles. The summed E-state index contributed by atoms with van der Waals surface area (Å²) in [5.41, 5.74) is 2.02. The molecule has 0 spiro atoms. The van der Waals surface area contributed by atoms with Gasteiger partial charge in [0.15, 0.2) is 6.29 Å². The molecule has 0 aromatic heterocycles. The maximum atomic E-state index is 13.0. The Labute approximate surface area is 280 Å². The maximum absolute atomic E-state index is 13.0. The molecule has 7 nitrogen and oxygen atoms in total. The molecule has 0 saturated carbocycles. The number of ether oxygens (including phenoxy) is 5. The fraction of sp³-hybridized carbons (Fsp3) is 0.500. The first kappa shape index (κ1) is 36.2. The SMILES string of the molecule is CCCCCCCCCc1ccccc1C(=O)Oc1ccc(OC(=O)c2ccc(OCCCCCCOC3CCCCO3)cc2)cc1. The zero-order valence-electron chi connectivity index (χ0n) is 28.1. The van der Waals surface area contributed by atoms with Crippen molar-refractivity contribution in [3.8, 4) is 17.2 Å². The quantitative estimate of drug-likeness (QED) is 0.0649. The smallest absolute Gasteiger partial charge is 0.343 e. The number of benzene rings is 3. The number of hydrogen-bond donors (Lipinski definition) is 0. The van der Waals surface area contributed by atoms with E-state index in [9.17, 15) is 9.59 Å². The normalized spacial score (nSPS) is 14.4. The van der Waals surface area contributed by atoms with Crippen LogP contribution in [0.2, 0.25) is 0 Å². The molecule has 1 heterocycles. The highest BCUT2D eigenvalue weighted by Crippen LogP contribution is 2.22. The van der Waals surface area contributed by atoms with E-state index in [2.05, 4.69) is 6.92 Å². The van der Waals surface area contributed by atoms with Crippen molar-refractivity contribution in [2.45, 2.75) is 110 Å². The third kappa shape index (κ3) is 13.5. The van der Waals surface area contributed by atoms with E-state index in [0.29, 0.717) is 29.2 Å². The van der Waals surface area contributed by atoms with E-state index in [4.69, 9.17) is 23.7 Å². The Morgan fingerprint density at radius 2 is 1.28 bits per heavy atom. The van der Waals surface area contributed by atoms with Crippen molar-refractivity contribution in [3.05, 3.63) is 89.5 Å². The second-order valence-electron chi connectivity index (χ2n) is 12.2. The lowest BCUT2D eigenvalue weighted by molar-refractivity contribution is -0.162. The molecule has 1 aliphatic rings. The molecule has 1 aliphatic heterocycles. The van der Waals surface area contributed by atoms with Gasteiger partial charge in [-0.15, -0.1) is 0 Å². The molecular weight excluding hydrogens is 592 g/mol. The van der Waals surface area contributed by atoms with E-state index in [1.165, 1.54) is 44.9 Å². The second kappa shape index (κ2) is 21.2. The molecule has 0 amide bonds. The highest BCUT2D eigenvalue weighted by Gasteiger charge is 2.15. The van der Waals surface area contributed by atoms with Crippen LogP contribution in [-0.2, 0) is 15.9 Å². The van der Waals surface area contributed by atoms with Gasteiger partial charge < -0.3 is 23.7 Å². The Kier molecular flexibility index (Phi) is 16.3. The first-order valence-electron chi connectivity index (χ1n) is 17.7. The number of carbonyl (C=O) groups is 2. The summed E-state index contributed by atoms with van der Waals surface area (Å²) in [6.07, 6.45) is 16.9. The lowest BCUT2D eigenvalue weighted by Gasteiger charge is -2.22. The van der Waals surface area contributed by atoms with E-state index in [1.807, 2.05) is 24.3 Å². The average molecular weight is 645 g/mol. The first-order chi connectivity index (χ1) is 23.1. The van der Waals surface area contributed by atoms with Crippen LogP contribution in [-0.4, -0.2) is 38.0 Å². The van der Waals surface area contributed by atoms with Crippen LogP contribution in [0.5, 0.6) is 17.2 Å². The number of carbonyl (C=O) groups excluding carboxylic acids is 2. The van der Waals surface area contributed by atoms with Crippen molar-refractivity contribution in [3.63, 3.8) is 0 Å². The lowest BCUT2D eigenvalue weighted by atomic mass is 10.0. The molecule has 0 aliphatic carbocycles. The molecule has 7 heteroatoms. The zero-order chi connectivity index (χ0) is 32.9. The van der Waals surface area contributed by atoms with Gasteiger partial charge in [-0.2, -0.15) is 0 Å². The van der Waals surface area contributed by atoms with Crippen molar-refractivity contribution < 1.29 is 33.3 Å². The predicted molar refractivity (Wildman–Crippen MR) is 184 cm³/mol. The topological polar surface area (TPSA) is 80.3 Å². The van der Waals surface area contributed by atoms with Crippen LogP contribution in [0.4, 0.5) is 0 Å². The second-order valence-corrected chi connectivity index (χ2v) is 12.2. The summed E-state index contributed by atoms with van der Waals surface area (Å²) >= 11 is 0. The first-order valence-corrected chi connectivity index (χ1v) is 17.7. The van der Waals surface area contributed by atoms with Crippen molar-refractivity contribution >= 4 is 11.9 Å². The van der Waals surface area contributed by atoms with Gasteiger partial charge in [0.05, 0.1) is 17.7 Å². The molecule has 3 aromatic rings. The van der Waals surface area contributed by atoms with Gasteiger partial charge in [0.1, 0.15) is 17.2 Å². The Bertz CT molecular complexity index is 1310. The van der Waals surface area contributed by atoms with Gasteiger partial charge in [-0.25, -0.2) is 9.59 Å². The van der Waals surface area contributed by atoms with Crippen LogP contribution < -0.4 is 14.2 Å². The van der Waals surface area contributed by atoms with Gasteiger partial charge in [0.25, 0.3) is 0 Å². The maximum Gasteiger partial charge on any atom is 0.343 e. The minimum atomic E-state index is -0.471. The fourth-order valence-electron chi connectivity index (χ4n) is 5.61. The van der Waals surface area contributed by atoms with E-state index in [0.717, 1.165) is 75.9 Å². The van der Waals surface area contributed by atoms with Crippen LogP contribution in [0, 0.1) is 0 Å². The number of rotatable bonds is 21. The minimum absolute atomic E-state index is 0.0115. The van der Waals surface area contributed by atoms with Crippen LogP contribution in [0.3, 0.4) is 0 Å². The third-order valence-corrected chi connectivity index (χ3v) is 8.37. The average Bonchev–Trinajstić information content (AvgIpc) is 3.10. The molecule has 4 rings (SSSR count). The number of hydrogen-bond acceptors (Lipinski definition) is 7. The van der Waals surface area contributed by atoms with Crippen molar-refractivity contribution in [2.24, 2.45) is 0 Å². The summed E-state index contributed by atoms with van der Waals surface area (Å²) in [5, 5.41) is 0. The van der Waals surface area contributed by atoms with Gasteiger partial charge in [0, 0.05) is 13.2 Å². The fourth-order valence-corrected chi connectivity index (χ4v) is 5.61. The molecule has 0 radical (unpaired) electrons. The summed E-state index contributed by atoms with van der Waals surface area (Å²) in [6.45, 7) is 4.41. The van der Waals surface area contributed by atoms with Gasteiger partial charge in [-0.1, -0.05) is 70.1 Å². The molecule has 1 fully saturated rings. The standard InChI is InChI=1S/C40H52O7/c1-2-3-4-5-6-7-10-17-32-18-11-12-19-37(32)40(42)47-36-27-25-35(26-28-36)46-39(41)33-21-23-34(24-22-33)43-29-14-8-9-15-30-44-38-20-13-16-31-45-38/h11-12,18-19,21-28,38H,2-10,13-17,20,29-31H2,1H3. The number of aryl methyl sites for hydroxylation is 1. The largest absolute Gasteiger partial charge is 0.494 e. The van der Waals surface area contributed by atoms with Crippen LogP contribution >= 0.6 is 0 Å². The summed E-state index contributed by atoms with van der Waals surface area (Å²) in [7, 11) is 0. The van der Waals surface area contributed by atoms with Crippen molar-refractivity contribution in [2.75, 3.05) is 19.8 Å². The molecule has 0 N–H and O–H groups in total.